The van der Waals surface area contributed by atoms with Gasteiger partial charge in [0.25, 0.3) is 0 Å². The van der Waals surface area contributed by atoms with Gasteiger partial charge in [-0.25, -0.2) is 4.68 Å². The van der Waals surface area contributed by atoms with Gasteiger partial charge in [0.15, 0.2) is 0 Å². The molecule has 3 heteroatoms. The van der Waals surface area contributed by atoms with Crippen molar-refractivity contribution in [3.63, 3.8) is 0 Å². The van der Waals surface area contributed by atoms with Crippen LogP contribution in [0.5, 0.6) is 0 Å². The molecule has 0 fully saturated rings. The second-order valence-electron chi connectivity index (χ2n) is 3.09. The number of hydrogen-bond donors (Lipinski definition) is 0. The molecule has 0 spiro atoms. The molecule has 0 saturated heterocycles. The van der Waals surface area contributed by atoms with Crippen molar-refractivity contribution in [3.05, 3.63) is 47.8 Å². The highest BCUT2D eigenvalue weighted by atomic mass is 16.1. The van der Waals surface area contributed by atoms with E-state index in [0.29, 0.717) is 5.56 Å². The lowest BCUT2D eigenvalue weighted by Gasteiger charge is -2.03. The van der Waals surface area contributed by atoms with Crippen molar-refractivity contribution < 1.29 is 4.79 Å². The SMILES string of the molecule is Cc1ccnn1-c1ccc(C=O)cc1. The fraction of sp³-hybridized carbons (Fsp3) is 0.0909. The minimum Gasteiger partial charge on any atom is -0.298 e. The number of nitrogens with zero attached hydrogens (tertiary/aromatic N) is 2. The van der Waals surface area contributed by atoms with Crippen molar-refractivity contribution >= 4 is 6.29 Å². The Morgan fingerprint density at radius 1 is 1.21 bits per heavy atom. The Morgan fingerprint density at radius 3 is 2.43 bits per heavy atom. The van der Waals surface area contributed by atoms with Crippen LogP contribution < -0.4 is 0 Å². The van der Waals surface area contributed by atoms with Crippen molar-refractivity contribution in [1.29, 1.82) is 0 Å². The molecule has 0 saturated carbocycles. The predicted molar refractivity (Wildman–Crippen MR) is 53.7 cm³/mol. The molecular weight excluding hydrogens is 176 g/mol. The first-order valence-corrected chi connectivity index (χ1v) is 4.37. The molecule has 0 radical (unpaired) electrons. The van der Waals surface area contributed by atoms with Gasteiger partial charge in [0.1, 0.15) is 6.29 Å². The van der Waals surface area contributed by atoms with Crippen molar-refractivity contribution in [2.45, 2.75) is 6.92 Å². The van der Waals surface area contributed by atoms with Crippen LogP contribution in [0.2, 0.25) is 0 Å². The van der Waals surface area contributed by atoms with Crippen LogP contribution in [0.4, 0.5) is 0 Å². The monoisotopic (exact) mass is 186 g/mol. The number of hydrogen-bond acceptors (Lipinski definition) is 2. The lowest BCUT2D eigenvalue weighted by atomic mass is 10.2. The molecule has 14 heavy (non-hydrogen) atoms. The summed E-state index contributed by atoms with van der Waals surface area (Å²) < 4.78 is 1.83. The fourth-order valence-electron chi connectivity index (χ4n) is 1.33. The lowest BCUT2D eigenvalue weighted by molar-refractivity contribution is 0.112. The molecule has 70 valence electrons. The van der Waals surface area contributed by atoms with Crippen LogP contribution in [0.1, 0.15) is 16.1 Å². The van der Waals surface area contributed by atoms with Gasteiger partial charge in [-0.1, -0.05) is 0 Å². The second kappa shape index (κ2) is 3.46. The molecule has 0 aliphatic rings. The van der Waals surface area contributed by atoms with Crippen LogP contribution in [-0.2, 0) is 0 Å². The van der Waals surface area contributed by atoms with Crippen molar-refractivity contribution in [3.8, 4) is 5.69 Å². The summed E-state index contributed by atoms with van der Waals surface area (Å²) in [6, 6.07) is 9.26. The number of carbonyl (C=O) groups excluding carboxylic acids is 1. The molecule has 0 amide bonds. The smallest absolute Gasteiger partial charge is 0.150 e. The summed E-state index contributed by atoms with van der Waals surface area (Å²) >= 11 is 0. The van der Waals surface area contributed by atoms with Gasteiger partial charge in [0.05, 0.1) is 5.69 Å². The number of carbonyl (C=O) groups is 1. The highest BCUT2D eigenvalue weighted by Gasteiger charge is 1.99. The summed E-state index contributed by atoms with van der Waals surface area (Å²) in [7, 11) is 0. The zero-order valence-electron chi connectivity index (χ0n) is 7.84. The van der Waals surface area contributed by atoms with Crippen LogP contribution in [0.15, 0.2) is 36.5 Å². The standard InChI is InChI=1S/C11H10N2O/c1-9-6-7-12-13(9)11-4-2-10(8-14)3-5-11/h2-8H,1H3. The van der Waals surface area contributed by atoms with Gasteiger partial charge in [0, 0.05) is 17.5 Å². The van der Waals surface area contributed by atoms with E-state index in [2.05, 4.69) is 5.10 Å². The first-order chi connectivity index (χ1) is 6.81. The molecule has 3 nitrogen and oxygen atoms in total. The van der Waals surface area contributed by atoms with E-state index < -0.39 is 0 Å². The van der Waals surface area contributed by atoms with Gasteiger partial charge in [-0.2, -0.15) is 5.10 Å². The summed E-state index contributed by atoms with van der Waals surface area (Å²) in [5.41, 5.74) is 2.72. The largest absolute Gasteiger partial charge is 0.298 e. The zero-order valence-corrected chi connectivity index (χ0v) is 7.84. The first kappa shape index (κ1) is 8.69. The highest BCUT2D eigenvalue weighted by Crippen LogP contribution is 2.10. The summed E-state index contributed by atoms with van der Waals surface area (Å²) in [5, 5.41) is 4.17. The van der Waals surface area contributed by atoms with Crippen LogP contribution in [0.3, 0.4) is 0 Å². The Bertz CT molecular complexity index is 443. The van der Waals surface area contributed by atoms with Crippen LogP contribution in [-0.4, -0.2) is 16.1 Å². The minimum absolute atomic E-state index is 0.679. The van der Waals surface area contributed by atoms with Gasteiger partial charge < -0.3 is 0 Å². The maximum Gasteiger partial charge on any atom is 0.150 e. The molecule has 1 heterocycles. The van der Waals surface area contributed by atoms with Gasteiger partial charge in [0.2, 0.25) is 0 Å². The fourth-order valence-corrected chi connectivity index (χ4v) is 1.33. The topological polar surface area (TPSA) is 34.9 Å². The normalized spacial score (nSPS) is 10.1. The van der Waals surface area contributed by atoms with Gasteiger partial charge in [-0.3, -0.25) is 4.79 Å². The van der Waals surface area contributed by atoms with Crippen LogP contribution in [0.25, 0.3) is 5.69 Å². The van der Waals surface area contributed by atoms with E-state index in [0.717, 1.165) is 17.7 Å². The van der Waals surface area contributed by atoms with E-state index in [1.807, 2.05) is 29.8 Å². The molecule has 1 aromatic carbocycles. The lowest BCUT2D eigenvalue weighted by Crippen LogP contribution is -1.98. The molecule has 0 N–H and O–H groups in total. The van der Waals surface area contributed by atoms with Gasteiger partial charge in [-0.05, 0) is 37.3 Å². The van der Waals surface area contributed by atoms with E-state index in [1.165, 1.54) is 0 Å². The Kier molecular flexibility index (Phi) is 2.14. The van der Waals surface area contributed by atoms with E-state index in [1.54, 1.807) is 18.3 Å². The Balaban J connectivity index is 2.43. The quantitative estimate of drug-likeness (QED) is 0.672. The third-order valence-corrected chi connectivity index (χ3v) is 2.11. The zero-order chi connectivity index (χ0) is 9.97. The van der Waals surface area contributed by atoms with E-state index >= 15 is 0 Å². The summed E-state index contributed by atoms with van der Waals surface area (Å²) in [5.74, 6) is 0. The molecule has 0 unspecified atom stereocenters. The number of aromatic nitrogens is 2. The molecule has 2 rings (SSSR count). The Hall–Kier alpha value is -1.90. The summed E-state index contributed by atoms with van der Waals surface area (Å²) in [4.78, 5) is 10.4. The van der Waals surface area contributed by atoms with Crippen LogP contribution >= 0.6 is 0 Å². The van der Waals surface area contributed by atoms with Crippen molar-refractivity contribution in [1.82, 2.24) is 9.78 Å². The van der Waals surface area contributed by atoms with Crippen LogP contribution in [0, 0.1) is 6.92 Å². The molecule has 0 aliphatic heterocycles. The Labute approximate surface area is 82.0 Å². The third kappa shape index (κ3) is 1.44. The second-order valence-corrected chi connectivity index (χ2v) is 3.09. The third-order valence-electron chi connectivity index (χ3n) is 2.11. The number of aryl methyl sites for hydroxylation is 1. The minimum atomic E-state index is 0.679. The maximum atomic E-state index is 10.4. The van der Waals surface area contributed by atoms with E-state index in [4.69, 9.17) is 0 Å². The maximum absolute atomic E-state index is 10.4. The molecule has 0 bridgehead atoms. The summed E-state index contributed by atoms with van der Waals surface area (Å²) in [6.45, 7) is 1.99. The molecular formula is C11H10N2O. The molecule has 0 aliphatic carbocycles. The van der Waals surface area contributed by atoms with Gasteiger partial charge >= 0.3 is 0 Å². The predicted octanol–water partition coefficient (Wildman–Crippen LogP) is 1.99. The van der Waals surface area contributed by atoms with E-state index in [9.17, 15) is 4.79 Å². The highest BCUT2D eigenvalue weighted by molar-refractivity contribution is 5.75. The summed E-state index contributed by atoms with van der Waals surface area (Å²) in [6.07, 6.45) is 2.59. The first-order valence-electron chi connectivity index (χ1n) is 4.37. The van der Waals surface area contributed by atoms with Crippen molar-refractivity contribution in [2.75, 3.05) is 0 Å². The Morgan fingerprint density at radius 2 is 1.93 bits per heavy atom. The number of rotatable bonds is 2. The number of benzene rings is 1. The average molecular weight is 186 g/mol. The molecule has 1 aromatic heterocycles. The van der Waals surface area contributed by atoms with E-state index in [-0.39, 0.29) is 0 Å². The average Bonchev–Trinajstić information content (AvgIpc) is 2.65. The molecule has 2 aromatic rings. The van der Waals surface area contributed by atoms with Gasteiger partial charge in [-0.15, -0.1) is 0 Å². The number of aldehydes is 1. The molecule has 0 atom stereocenters. The van der Waals surface area contributed by atoms with Crippen molar-refractivity contribution in [2.24, 2.45) is 0 Å².